The van der Waals surface area contributed by atoms with E-state index in [0.29, 0.717) is 11.3 Å². The highest BCUT2D eigenvalue weighted by Crippen LogP contribution is 2.30. The minimum absolute atomic E-state index is 0.122. The number of fused-ring (bicyclic) bond motifs is 1. The normalized spacial score (nSPS) is 10.5. The molecule has 1 heterocycles. The summed E-state index contributed by atoms with van der Waals surface area (Å²) < 4.78 is 10.6. The number of amides is 1. The molecule has 0 saturated heterocycles. The lowest BCUT2D eigenvalue weighted by Crippen LogP contribution is -2.14. The molecular weight excluding hydrogens is 310 g/mol. The van der Waals surface area contributed by atoms with Gasteiger partial charge >= 0.3 is 6.09 Å². The average Bonchev–Trinajstić information content (AvgIpc) is 2.55. The highest BCUT2D eigenvalue weighted by atomic mass is 16.5. The van der Waals surface area contributed by atoms with E-state index in [0.717, 1.165) is 0 Å². The van der Waals surface area contributed by atoms with Crippen LogP contribution >= 0.6 is 0 Å². The number of anilines is 1. The summed E-state index contributed by atoms with van der Waals surface area (Å²) >= 11 is 0. The maximum Gasteiger partial charge on any atom is 0.411 e. The van der Waals surface area contributed by atoms with Crippen molar-refractivity contribution >= 4 is 22.7 Å². The molecule has 0 aliphatic carbocycles. The highest BCUT2D eigenvalue weighted by Gasteiger charge is 2.14. The second-order valence-corrected chi connectivity index (χ2v) is 5.02. The van der Waals surface area contributed by atoms with E-state index in [-0.39, 0.29) is 34.5 Å². The van der Waals surface area contributed by atoms with E-state index in [1.807, 2.05) is 0 Å². The Morgan fingerprint density at radius 1 is 1.21 bits per heavy atom. The predicted octanol–water partition coefficient (Wildman–Crippen LogP) is 3.73. The van der Waals surface area contributed by atoms with Gasteiger partial charge < -0.3 is 14.3 Å². The topological polar surface area (TPSA) is 88.8 Å². The summed E-state index contributed by atoms with van der Waals surface area (Å²) in [6.07, 6.45) is -0.592. The predicted molar refractivity (Wildman–Crippen MR) is 90.2 cm³/mol. The van der Waals surface area contributed by atoms with Gasteiger partial charge in [0.25, 0.3) is 0 Å². The maximum atomic E-state index is 12.3. The quantitative estimate of drug-likeness (QED) is 0.766. The van der Waals surface area contributed by atoms with E-state index in [1.54, 1.807) is 43.3 Å². The molecule has 24 heavy (non-hydrogen) atoms. The van der Waals surface area contributed by atoms with Crippen LogP contribution in [0.4, 0.5) is 10.5 Å². The van der Waals surface area contributed by atoms with Crippen LogP contribution in [0, 0.1) is 0 Å². The van der Waals surface area contributed by atoms with E-state index in [1.165, 1.54) is 12.1 Å². The number of phenolic OH excluding ortho intramolecular Hbond substituents is 1. The van der Waals surface area contributed by atoms with E-state index in [2.05, 4.69) is 5.32 Å². The number of aromatic hydroxyl groups is 1. The van der Waals surface area contributed by atoms with Crippen molar-refractivity contribution in [2.24, 2.45) is 0 Å². The molecule has 0 radical (unpaired) electrons. The van der Waals surface area contributed by atoms with Crippen LogP contribution in [0.5, 0.6) is 5.75 Å². The van der Waals surface area contributed by atoms with Crippen molar-refractivity contribution in [1.82, 2.24) is 0 Å². The molecule has 0 aliphatic rings. The Morgan fingerprint density at radius 2 is 2.00 bits per heavy atom. The molecule has 0 spiro atoms. The van der Waals surface area contributed by atoms with Crippen LogP contribution in [0.25, 0.3) is 22.3 Å². The fourth-order valence-electron chi connectivity index (χ4n) is 2.41. The third-order valence-electron chi connectivity index (χ3n) is 3.44. The summed E-state index contributed by atoms with van der Waals surface area (Å²) in [5.41, 5.74) is 0.894. The monoisotopic (exact) mass is 325 g/mol. The Morgan fingerprint density at radius 3 is 2.79 bits per heavy atom. The molecule has 0 atom stereocenters. The third-order valence-corrected chi connectivity index (χ3v) is 3.44. The number of hydrogen-bond donors (Lipinski definition) is 2. The second kappa shape index (κ2) is 6.45. The van der Waals surface area contributed by atoms with Gasteiger partial charge in [-0.05, 0) is 31.2 Å². The number of phenols is 1. The zero-order valence-corrected chi connectivity index (χ0v) is 12.9. The smallest absolute Gasteiger partial charge is 0.411 e. The number of para-hydroxylation sites is 1. The number of carbonyl (C=O) groups excluding carboxylic acids is 1. The SMILES string of the molecule is CCOC(=O)Nc1ccccc1-c1cc(=O)c2c(O)cccc2o1. The van der Waals surface area contributed by atoms with Gasteiger partial charge in [-0.15, -0.1) is 0 Å². The van der Waals surface area contributed by atoms with Crippen LogP contribution in [0.3, 0.4) is 0 Å². The molecule has 2 N–H and O–H groups in total. The molecule has 1 aromatic heterocycles. The minimum Gasteiger partial charge on any atom is -0.507 e. The van der Waals surface area contributed by atoms with Gasteiger partial charge in [0.2, 0.25) is 0 Å². The van der Waals surface area contributed by atoms with Gasteiger partial charge in [-0.2, -0.15) is 0 Å². The minimum atomic E-state index is -0.592. The summed E-state index contributed by atoms with van der Waals surface area (Å²) in [5.74, 6) is 0.149. The maximum absolute atomic E-state index is 12.3. The van der Waals surface area contributed by atoms with Crippen LogP contribution in [-0.4, -0.2) is 17.8 Å². The van der Waals surface area contributed by atoms with E-state index in [9.17, 15) is 14.7 Å². The van der Waals surface area contributed by atoms with Crippen LogP contribution in [0.2, 0.25) is 0 Å². The number of nitrogens with one attached hydrogen (secondary N) is 1. The zero-order valence-electron chi connectivity index (χ0n) is 12.9. The first-order valence-electron chi connectivity index (χ1n) is 7.39. The van der Waals surface area contributed by atoms with Crippen molar-refractivity contribution in [2.45, 2.75) is 6.92 Å². The molecule has 0 aliphatic heterocycles. The third kappa shape index (κ3) is 2.94. The summed E-state index contributed by atoms with van der Waals surface area (Å²) in [6, 6.07) is 12.8. The van der Waals surface area contributed by atoms with Gasteiger partial charge in [-0.1, -0.05) is 18.2 Å². The zero-order chi connectivity index (χ0) is 17.1. The van der Waals surface area contributed by atoms with Crippen molar-refractivity contribution in [2.75, 3.05) is 11.9 Å². The molecule has 3 aromatic rings. The summed E-state index contributed by atoms with van der Waals surface area (Å²) in [6.45, 7) is 1.96. The Bertz CT molecular complexity index is 961. The van der Waals surface area contributed by atoms with Crippen LogP contribution < -0.4 is 10.7 Å². The van der Waals surface area contributed by atoms with Gasteiger partial charge in [0.1, 0.15) is 22.5 Å². The Kier molecular flexibility index (Phi) is 4.20. The van der Waals surface area contributed by atoms with Gasteiger partial charge in [0.05, 0.1) is 12.3 Å². The largest absolute Gasteiger partial charge is 0.507 e. The van der Waals surface area contributed by atoms with Crippen molar-refractivity contribution in [3.63, 3.8) is 0 Å². The first-order valence-corrected chi connectivity index (χ1v) is 7.39. The molecule has 0 saturated carbocycles. The fraction of sp³-hybridized carbons (Fsp3) is 0.111. The van der Waals surface area contributed by atoms with Crippen molar-refractivity contribution in [3.8, 4) is 17.1 Å². The van der Waals surface area contributed by atoms with E-state index in [4.69, 9.17) is 9.15 Å². The Labute approximate surface area is 137 Å². The summed E-state index contributed by atoms with van der Waals surface area (Å²) in [7, 11) is 0. The number of hydrogen-bond acceptors (Lipinski definition) is 5. The van der Waals surface area contributed by atoms with Crippen LogP contribution in [0.1, 0.15) is 6.92 Å². The van der Waals surface area contributed by atoms with Gasteiger partial charge in [-0.25, -0.2) is 4.79 Å². The van der Waals surface area contributed by atoms with E-state index >= 15 is 0 Å². The van der Waals surface area contributed by atoms with Crippen LogP contribution in [0.15, 0.2) is 57.7 Å². The lowest BCUT2D eigenvalue weighted by molar-refractivity contribution is 0.168. The van der Waals surface area contributed by atoms with Crippen molar-refractivity contribution in [3.05, 3.63) is 58.8 Å². The molecule has 6 nitrogen and oxygen atoms in total. The molecule has 0 unspecified atom stereocenters. The summed E-state index contributed by atoms with van der Waals surface area (Å²) in [5, 5.41) is 12.6. The van der Waals surface area contributed by atoms with Crippen LogP contribution in [-0.2, 0) is 4.74 Å². The molecule has 1 amide bonds. The second-order valence-electron chi connectivity index (χ2n) is 5.02. The van der Waals surface area contributed by atoms with Gasteiger partial charge in [-0.3, -0.25) is 10.1 Å². The van der Waals surface area contributed by atoms with Crippen molar-refractivity contribution in [1.29, 1.82) is 0 Å². The first kappa shape index (κ1) is 15.6. The number of carbonyl (C=O) groups is 1. The first-order chi connectivity index (χ1) is 11.6. The number of benzene rings is 2. The summed E-state index contributed by atoms with van der Waals surface area (Å²) in [4.78, 5) is 24.0. The average molecular weight is 325 g/mol. The molecule has 6 heteroatoms. The number of ether oxygens (including phenoxy) is 1. The molecule has 0 bridgehead atoms. The molecule has 0 fully saturated rings. The fourth-order valence-corrected chi connectivity index (χ4v) is 2.41. The molecular formula is C18H15NO5. The Balaban J connectivity index is 2.11. The number of rotatable bonds is 3. The van der Waals surface area contributed by atoms with E-state index < -0.39 is 6.09 Å². The molecule has 3 rings (SSSR count). The molecule has 2 aromatic carbocycles. The van der Waals surface area contributed by atoms with Crippen molar-refractivity contribution < 1.29 is 19.1 Å². The lowest BCUT2D eigenvalue weighted by atomic mass is 10.1. The van der Waals surface area contributed by atoms with Gasteiger partial charge in [0, 0.05) is 11.6 Å². The standard InChI is InChI=1S/C18H15NO5/c1-2-23-18(22)19-12-7-4-3-6-11(12)16-10-14(21)17-13(20)8-5-9-15(17)24-16/h3-10,20H,2H2,1H3,(H,19,22). The Hall–Kier alpha value is -3.28. The van der Waals surface area contributed by atoms with Gasteiger partial charge in [0.15, 0.2) is 5.43 Å². The lowest BCUT2D eigenvalue weighted by Gasteiger charge is -2.11. The highest BCUT2D eigenvalue weighted by molar-refractivity contribution is 5.91. The molecule has 122 valence electrons.